The van der Waals surface area contributed by atoms with Crippen molar-refractivity contribution >= 4 is 5.97 Å². The highest BCUT2D eigenvalue weighted by molar-refractivity contribution is 5.67. The van der Waals surface area contributed by atoms with Crippen molar-refractivity contribution in [2.24, 2.45) is 0 Å². The van der Waals surface area contributed by atoms with Gasteiger partial charge in [0.25, 0.3) is 0 Å². The van der Waals surface area contributed by atoms with Gasteiger partial charge < -0.3 is 15.3 Å². The second kappa shape index (κ2) is 4.87. The van der Waals surface area contributed by atoms with Gasteiger partial charge in [-0.25, -0.2) is 0 Å². The predicted molar refractivity (Wildman–Crippen MR) is 39.1 cm³/mol. The van der Waals surface area contributed by atoms with Crippen LogP contribution < -0.4 is 0 Å². The fourth-order valence-corrected chi connectivity index (χ4v) is 0.660. The van der Waals surface area contributed by atoms with Crippen molar-refractivity contribution in [2.45, 2.75) is 25.0 Å². The lowest BCUT2D eigenvalue weighted by atomic mass is 10.1. The maximum atomic E-state index is 10.0. The molecule has 0 aromatic heterocycles. The second-order valence-electron chi connectivity index (χ2n) is 2.29. The van der Waals surface area contributed by atoms with Gasteiger partial charge in [0.2, 0.25) is 0 Å². The average molecular weight is 160 g/mol. The van der Waals surface area contributed by atoms with E-state index in [9.17, 15) is 4.79 Å². The molecular formula is C7H12O4. The molecule has 3 N–H and O–H groups in total. The maximum Gasteiger partial charge on any atom is 0.305 e. The van der Waals surface area contributed by atoms with Gasteiger partial charge in [-0.2, -0.15) is 0 Å². The molecule has 0 spiro atoms. The van der Waals surface area contributed by atoms with Gasteiger partial charge in [0.15, 0.2) is 0 Å². The Bertz CT molecular complexity index is 143. The SMILES string of the molecule is C=C[C@H](O)C[C@H](O)CC(=O)O. The summed E-state index contributed by atoms with van der Waals surface area (Å²) < 4.78 is 0. The lowest BCUT2D eigenvalue weighted by Gasteiger charge is -2.09. The number of aliphatic hydroxyl groups is 2. The largest absolute Gasteiger partial charge is 0.481 e. The van der Waals surface area contributed by atoms with Crippen molar-refractivity contribution in [3.63, 3.8) is 0 Å². The zero-order chi connectivity index (χ0) is 8.85. The van der Waals surface area contributed by atoms with Crippen LogP contribution in [-0.4, -0.2) is 33.5 Å². The number of aliphatic hydroxyl groups excluding tert-OH is 2. The highest BCUT2D eigenvalue weighted by Crippen LogP contribution is 2.02. The van der Waals surface area contributed by atoms with Crippen molar-refractivity contribution in [1.29, 1.82) is 0 Å². The van der Waals surface area contributed by atoms with Crippen LogP contribution in [0.3, 0.4) is 0 Å². The lowest BCUT2D eigenvalue weighted by molar-refractivity contribution is -0.139. The Morgan fingerprint density at radius 3 is 2.45 bits per heavy atom. The Morgan fingerprint density at radius 1 is 1.55 bits per heavy atom. The Kier molecular flexibility index (Phi) is 4.49. The third kappa shape index (κ3) is 5.57. The highest BCUT2D eigenvalue weighted by atomic mass is 16.4. The quantitative estimate of drug-likeness (QED) is 0.485. The molecule has 0 aliphatic heterocycles. The molecule has 0 heterocycles. The van der Waals surface area contributed by atoms with Crippen LogP contribution in [0.25, 0.3) is 0 Å². The number of hydrogen-bond acceptors (Lipinski definition) is 3. The molecule has 11 heavy (non-hydrogen) atoms. The van der Waals surface area contributed by atoms with E-state index in [-0.39, 0.29) is 12.8 Å². The molecule has 0 saturated carbocycles. The van der Waals surface area contributed by atoms with Gasteiger partial charge in [-0.1, -0.05) is 6.08 Å². The Hall–Kier alpha value is -0.870. The van der Waals surface area contributed by atoms with Gasteiger partial charge >= 0.3 is 5.97 Å². The van der Waals surface area contributed by atoms with Crippen LogP contribution in [0.5, 0.6) is 0 Å². The average Bonchev–Trinajstić information content (AvgIpc) is 1.85. The first kappa shape index (κ1) is 10.1. The van der Waals surface area contributed by atoms with Crippen LogP contribution in [0.4, 0.5) is 0 Å². The van der Waals surface area contributed by atoms with Crippen molar-refractivity contribution in [3.05, 3.63) is 12.7 Å². The van der Waals surface area contributed by atoms with E-state index in [0.717, 1.165) is 0 Å². The number of aliphatic carboxylic acids is 1. The number of carboxylic acids is 1. The summed E-state index contributed by atoms with van der Waals surface area (Å²) in [4.78, 5) is 10.0. The van der Waals surface area contributed by atoms with Crippen LogP contribution in [0.15, 0.2) is 12.7 Å². The van der Waals surface area contributed by atoms with Gasteiger partial charge in [-0.15, -0.1) is 6.58 Å². The van der Waals surface area contributed by atoms with Crippen LogP contribution in [0.2, 0.25) is 0 Å². The number of rotatable bonds is 5. The van der Waals surface area contributed by atoms with E-state index in [2.05, 4.69) is 6.58 Å². The second-order valence-corrected chi connectivity index (χ2v) is 2.29. The molecule has 0 fully saturated rings. The molecule has 0 amide bonds. The minimum atomic E-state index is -1.08. The van der Waals surface area contributed by atoms with E-state index >= 15 is 0 Å². The van der Waals surface area contributed by atoms with Crippen molar-refractivity contribution < 1.29 is 20.1 Å². The molecule has 0 unspecified atom stereocenters. The minimum Gasteiger partial charge on any atom is -0.481 e. The number of carboxylic acid groups (broad SMARTS) is 1. The van der Waals surface area contributed by atoms with E-state index in [1.54, 1.807) is 0 Å². The first-order valence-corrected chi connectivity index (χ1v) is 3.26. The third-order valence-electron chi connectivity index (χ3n) is 1.20. The van der Waals surface area contributed by atoms with Gasteiger partial charge in [-0.3, -0.25) is 4.79 Å². The zero-order valence-electron chi connectivity index (χ0n) is 6.10. The smallest absolute Gasteiger partial charge is 0.305 e. The topological polar surface area (TPSA) is 77.8 Å². The summed E-state index contributed by atoms with van der Waals surface area (Å²) in [5.41, 5.74) is 0. The highest BCUT2D eigenvalue weighted by Gasteiger charge is 2.12. The predicted octanol–water partition coefficient (Wildman–Crippen LogP) is -0.241. The molecule has 4 heteroatoms. The van der Waals surface area contributed by atoms with Crippen molar-refractivity contribution in [2.75, 3.05) is 0 Å². The first-order chi connectivity index (χ1) is 5.06. The van der Waals surface area contributed by atoms with Crippen molar-refractivity contribution in [3.8, 4) is 0 Å². The van der Waals surface area contributed by atoms with E-state index in [0.29, 0.717) is 0 Å². The van der Waals surface area contributed by atoms with Crippen LogP contribution in [0.1, 0.15) is 12.8 Å². The maximum absolute atomic E-state index is 10.0. The normalized spacial score (nSPS) is 15.5. The molecule has 0 bridgehead atoms. The molecule has 0 aliphatic rings. The summed E-state index contributed by atoms with van der Waals surface area (Å²) in [5.74, 6) is -1.08. The monoisotopic (exact) mass is 160 g/mol. The molecule has 0 aromatic rings. The Labute approximate surface area is 64.8 Å². The standard InChI is InChI=1S/C7H12O4/c1-2-5(8)3-6(9)4-7(10)11/h2,5-6,8-9H,1,3-4H2,(H,10,11)/t5-,6-/m0/s1. The van der Waals surface area contributed by atoms with Crippen molar-refractivity contribution in [1.82, 2.24) is 0 Å². The summed E-state index contributed by atoms with van der Waals surface area (Å²) in [6.45, 7) is 3.28. The van der Waals surface area contributed by atoms with E-state index in [4.69, 9.17) is 15.3 Å². The van der Waals surface area contributed by atoms with Gasteiger partial charge in [0.05, 0.1) is 18.6 Å². The van der Waals surface area contributed by atoms with Gasteiger partial charge in [-0.05, 0) is 0 Å². The van der Waals surface area contributed by atoms with E-state index in [1.807, 2.05) is 0 Å². The van der Waals surface area contributed by atoms with Crippen LogP contribution >= 0.6 is 0 Å². The lowest BCUT2D eigenvalue weighted by Crippen LogP contribution is -2.18. The van der Waals surface area contributed by atoms with E-state index in [1.165, 1.54) is 6.08 Å². The summed E-state index contributed by atoms with van der Waals surface area (Å²) in [7, 11) is 0. The van der Waals surface area contributed by atoms with Crippen LogP contribution in [0, 0.1) is 0 Å². The molecular weight excluding hydrogens is 148 g/mol. The molecule has 0 radical (unpaired) electrons. The van der Waals surface area contributed by atoms with Gasteiger partial charge in [0.1, 0.15) is 0 Å². The molecule has 2 atom stereocenters. The summed E-state index contributed by atoms with van der Waals surface area (Å²) in [6, 6.07) is 0. The fourth-order valence-electron chi connectivity index (χ4n) is 0.660. The van der Waals surface area contributed by atoms with Gasteiger partial charge in [0, 0.05) is 6.42 Å². The fraction of sp³-hybridized carbons (Fsp3) is 0.571. The zero-order valence-corrected chi connectivity index (χ0v) is 6.10. The van der Waals surface area contributed by atoms with E-state index < -0.39 is 18.2 Å². The molecule has 0 aromatic carbocycles. The van der Waals surface area contributed by atoms with Crippen LogP contribution in [-0.2, 0) is 4.79 Å². The molecule has 0 rings (SSSR count). The Balaban J connectivity index is 3.59. The summed E-state index contributed by atoms with van der Waals surface area (Å²) in [6.07, 6.45) is -0.893. The Morgan fingerprint density at radius 2 is 2.09 bits per heavy atom. The number of hydrogen-bond donors (Lipinski definition) is 3. The summed E-state index contributed by atoms with van der Waals surface area (Å²) >= 11 is 0. The number of carbonyl (C=O) groups is 1. The molecule has 64 valence electrons. The molecule has 0 saturated heterocycles. The minimum absolute atomic E-state index is 0.0236. The molecule has 0 aliphatic carbocycles. The summed E-state index contributed by atoms with van der Waals surface area (Å²) in [5, 5.41) is 26.0. The molecule has 4 nitrogen and oxygen atoms in total. The third-order valence-corrected chi connectivity index (χ3v) is 1.20. The first-order valence-electron chi connectivity index (χ1n) is 3.26.